The summed E-state index contributed by atoms with van der Waals surface area (Å²) >= 11 is 6.04. The van der Waals surface area contributed by atoms with Gasteiger partial charge in [0.05, 0.1) is 0 Å². The monoisotopic (exact) mass is 464 g/mol. The summed E-state index contributed by atoms with van der Waals surface area (Å²) in [6, 6.07) is 25.0. The summed E-state index contributed by atoms with van der Waals surface area (Å²) in [5.74, 6) is 0.103. The third kappa shape index (κ3) is 7.36. The summed E-state index contributed by atoms with van der Waals surface area (Å²) in [6.07, 6.45) is 1.84. The maximum Gasteiger partial charge on any atom is 0.261 e. The highest BCUT2D eigenvalue weighted by Gasteiger charge is 2.31. The smallest absolute Gasteiger partial charge is 0.261 e. The molecule has 0 aliphatic rings. The van der Waals surface area contributed by atoms with Crippen molar-refractivity contribution in [1.82, 2.24) is 10.2 Å². The second-order valence-corrected chi connectivity index (χ2v) is 8.14. The van der Waals surface area contributed by atoms with E-state index in [0.717, 1.165) is 24.0 Å². The van der Waals surface area contributed by atoms with Crippen LogP contribution >= 0.6 is 11.6 Å². The minimum Gasteiger partial charge on any atom is -0.484 e. The van der Waals surface area contributed by atoms with Gasteiger partial charge in [-0.25, -0.2) is 0 Å². The number of carbonyl (C=O) groups excluding carboxylic acids is 2. The Morgan fingerprint density at radius 3 is 2.21 bits per heavy atom. The molecular formula is C27H29ClN2O3. The Bertz CT molecular complexity index is 1010. The molecule has 33 heavy (non-hydrogen) atoms. The topological polar surface area (TPSA) is 58.6 Å². The Hall–Kier alpha value is -3.31. The molecule has 0 bridgehead atoms. The van der Waals surface area contributed by atoms with E-state index in [1.54, 1.807) is 29.2 Å². The first kappa shape index (κ1) is 24.3. The van der Waals surface area contributed by atoms with Crippen molar-refractivity contribution in [2.24, 2.45) is 0 Å². The Labute approximate surface area is 200 Å². The largest absolute Gasteiger partial charge is 0.484 e. The van der Waals surface area contributed by atoms with E-state index in [9.17, 15) is 9.59 Å². The molecule has 0 saturated carbocycles. The third-order valence-electron chi connectivity index (χ3n) is 5.20. The molecule has 6 heteroatoms. The molecular weight excluding hydrogens is 436 g/mol. The summed E-state index contributed by atoms with van der Waals surface area (Å²) in [4.78, 5) is 28.3. The predicted molar refractivity (Wildman–Crippen MR) is 131 cm³/mol. The van der Waals surface area contributed by atoms with E-state index in [1.165, 1.54) is 0 Å². The minimum atomic E-state index is -0.786. The summed E-state index contributed by atoms with van der Waals surface area (Å²) in [7, 11) is 0. The highest BCUT2D eigenvalue weighted by Crippen LogP contribution is 2.25. The Morgan fingerprint density at radius 2 is 1.58 bits per heavy atom. The van der Waals surface area contributed by atoms with Gasteiger partial charge in [-0.2, -0.15) is 0 Å². The van der Waals surface area contributed by atoms with E-state index in [-0.39, 0.29) is 25.0 Å². The molecule has 1 atom stereocenters. The fourth-order valence-corrected chi connectivity index (χ4v) is 3.57. The molecule has 0 aliphatic heterocycles. The number of benzene rings is 3. The standard InChI is InChI=1S/C27H29ClN2O3/c1-2-3-18-29-27(32)26(22-10-6-4-7-11-22)30(19-21-14-16-23(28)17-15-21)25(31)20-33-24-12-8-5-9-13-24/h4-17,26H,2-3,18-20H2,1H3,(H,29,32). The maximum atomic E-state index is 13.4. The van der Waals surface area contributed by atoms with E-state index >= 15 is 0 Å². The van der Waals surface area contributed by atoms with Gasteiger partial charge in [0, 0.05) is 18.1 Å². The lowest BCUT2D eigenvalue weighted by atomic mass is 10.0. The van der Waals surface area contributed by atoms with Gasteiger partial charge in [0.25, 0.3) is 5.91 Å². The highest BCUT2D eigenvalue weighted by atomic mass is 35.5. The highest BCUT2D eigenvalue weighted by molar-refractivity contribution is 6.30. The molecule has 0 aliphatic carbocycles. The molecule has 1 N–H and O–H groups in total. The van der Waals surface area contributed by atoms with Crippen LogP contribution in [0.4, 0.5) is 0 Å². The van der Waals surface area contributed by atoms with Crippen molar-refractivity contribution in [2.75, 3.05) is 13.2 Å². The number of nitrogens with one attached hydrogen (secondary N) is 1. The summed E-state index contributed by atoms with van der Waals surface area (Å²) in [5, 5.41) is 3.60. The number of halogens is 1. The average Bonchev–Trinajstić information content (AvgIpc) is 2.85. The van der Waals surface area contributed by atoms with Crippen molar-refractivity contribution in [3.8, 4) is 5.75 Å². The normalized spacial score (nSPS) is 11.5. The lowest BCUT2D eigenvalue weighted by molar-refractivity contribution is -0.143. The van der Waals surface area contributed by atoms with Crippen LogP contribution in [0.5, 0.6) is 5.75 Å². The summed E-state index contributed by atoms with van der Waals surface area (Å²) in [5.41, 5.74) is 1.61. The number of ether oxygens (including phenoxy) is 1. The number of para-hydroxylation sites is 1. The van der Waals surface area contributed by atoms with Gasteiger partial charge in [-0.15, -0.1) is 0 Å². The molecule has 0 heterocycles. The number of rotatable bonds is 11. The van der Waals surface area contributed by atoms with Gasteiger partial charge in [0.1, 0.15) is 11.8 Å². The second kappa shape index (κ2) is 12.7. The van der Waals surface area contributed by atoms with Crippen LogP contribution < -0.4 is 10.1 Å². The quantitative estimate of drug-likeness (QED) is 0.386. The molecule has 0 spiro atoms. The Morgan fingerprint density at radius 1 is 0.939 bits per heavy atom. The first-order valence-corrected chi connectivity index (χ1v) is 11.5. The van der Waals surface area contributed by atoms with Gasteiger partial charge in [0.2, 0.25) is 5.91 Å². The molecule has 5 nitrogen and oxygen atoms in total. The molecule has 2 amide bonds. The van der Waals surface area contributed by atoms with Gasteiger partial charge >= 0.3 is 0 Å². The zero-order chi connectivity index (χ0) is 23.5. The predicted octanol–water partition coefficient (Wildman–Crippen LogP) is 5.41. The molecule has 0 fully saturated rings. The van der Waals surface area contributed by atoms with Crippen molar-refractivity contribution >= 4 is 23.4 Å². The van der Waals surface area contributed by atoms with Crippen molar-refractivity contribution in [1.29, 1.82) is 0 Å². The van der Waals surface area contributed by atoms with Gasteiger partial charge in [-0.05, 0) is 41.8 Å². The van der Waals surface area contributed by atoms with Crippen LogP contribution in [0.3, 0.4) is 0 Å². The fraction of sp³-hybridized carbons (Fsp3) is 0.259. The average molecular weight is 465 g/mol. The molecule has 3 rings (SSSR count). The number of carbonyl (C=O) groups is 2. The van der Waals surface area contributed by atoms with E-state index < -0.39 is 6.04 Å². The van der Waals surface area contributed by atoms with Crippen LogP contribution in [-0.4, -0.2) is 29.9 Å². The fourth-order valence-electron chi connectivity index (χ4n) is 3.45. The number of hydrogen-bond acceptors (Lipinski definition) is 3. The van der Waals surface area contributed by atoms with Crippen LogP contribution in [0.2, 0.25) is 5.02 Å². The van der Waals surface area contributed by atoms with Crippen LogP contribution in [0.15, 0.2) is 84.9 Å². The van der Waals surface area contributed by atoms with E-state index in [0.29, 0.717) is 17.3 Å². The van der Waals surface area contributed by atoms with Gasteiger partial charge in [0.15, 0.2) is 6.61 Å². The number of hydrogen-bond donors (Lipinski definition) is 1. The minimum absolute atomic E-state index is 0.177. The Balaban J connectivity index is 1.90. The molecule has 1 unspecified atom stereocenters. The van der Waals surface area contributed by atoms with Crippen LogP contribution in [0.25, 0.3) is 0 Å². The number of amides is 2. The van der Waals surface area contributed by atoms with Crippen LogP contribution in [0.1, 0.15) is 36.9 Å². The van der Waals surface area contributed by atoms with Crippen molar-refractivity contribution in [2.45, 2.75) is 32.4 Å². The van der Waals surface area contributed by atoms with Crippen LogP contribution in [-0.2, 0) is 16.1 Å². The lowest BCUT2D eigenvalue weighted by Crippen LogP contribution is -2.45. The Kier molecular flexibility index (Phi) is 9.33. The van der Waals surface area contributed by atoms with Gasteiger partial charge in [-0.3, -0.25) is 9.59 Å². The lowest BCUT2D eigenvalue weighted by Gasteiger charge is -2.31. The van der Waals surface area contributed by atoms with Crippen molar-refractivity contribution < 1.29 is 14.3 Å². The van der Waals surface area contributed by atoms with Crippen molar-refractivity contribution in [3.05, 3.63) is 101 Å². The van der Waals surface area contributed by atoms with E-state index in [4.69, 9.17) is 16.3 Å². The maximum absolute atomic E-state index is 13.4. The van der Waals surface area contributed by atoms with Gasteiger partial charge < -0.3 is 15.0 Å². The molecule has 0 saturated heterocycles. The molecule has 3 aromatic rings. The summed E-state index contributed by atoms with van der Waals surface area (Å²) < 4.78 is 5.73. The van der Waals surface area contributed by atoms with Crippen molar-refractivity contribution in [3.63, 3.8) is 0 Å². The first-order chi connectivity index (χ1) is 16.1. The molecule has 0 radical (unpaired) electrons. The molecule has 172 valence electrons. The number of unbranched alkanes of at least 4 members (excludes halogenated alkanes) is 1. The number of nitrogens with zero attached hydrogens (tertiary/aromatic N) is 1. The molecule has 0 aromatic heterocycles. The van der Waals surface area contributed by atoms with Crippen LogP contribution in [0, 0.1) is 0 Å². The van der Waals surface area contributed by atoms with E-state index in [1.807, 2.05) is 60.7 Å². The second-order valence-electron chi connectivity index (χ2n) is 7.71. The first-order valence-electron chi connectivity index (χ1n) is 11.1. The van der Waals surface area contributed by atoms with Gasteiger partial charge in [-0.1, -0.05) is 85.6 Å². The third-order valence-corrected chi connectivity index (χ3v) is 5.45. The van der Waals surface area contributed by atoms with E-state index in [2.05, 4.69) is 12.2 Å². The SMILES string of the molecule is CCCCNC(=O)C(c1ccccc1)N(Cc1ccc(Cl)cc1)C(=O)COc1ccccc1. The summed E-state index contributed by atoms with van der Waals surface area (Å²) in [6.45, 7) is 2.69. The zero-order valence-corrected chi connectivity index (χ0v) is 19.5. The zero-order valence-electron chi connectivity index (χ0n) is 18.7. The molecule has 3 aromatic carbocycles.